The smallest absolute Gasteiger partial charge is 0.410 e. The Balaban J connectivity index is 1.79. The lowest BCUT2D eigenvalue weighted by atomic mass is 9.91. The van der Waals surface area contributed by atoms with Crippen molar-refractivity contribution >= 4 is 6.09 Å². The van der Waals surface area contributed by atoms with Gasteiger partial charge in [0.1, 0.15) is 6.10 Å². The molecule has 0 aliphatic heterocycles. The molecule has 0 spiro atoms. The van der Waals surface area contributed by atoms with Crippen molar-refractivity contribution in [1.29, 1.82) is 0 Å². The van der Waals surface area contributed by atoms with Crippen molar-refractivity contribution in [2.75, 3.05) is 6.54 Å². The van der Waals surface area contributed by atoms with Crippen LogP contribution < -0.4 is 0 Å². The van der Waals surface area contributed by atoms with Gasteiger partial charge in [-0.3, -0.25) is 0 Å². The monoisotopic (exact) mass is 253 g/mol. The van der Waals surface area contributed by atoms with E-state index in [1.807, 2.05) is 4.90 Å². The molecule has 0 atom stereocenters. The Morgan fingerprint density at radius 2 is 1.83 bits per heavy atom. The molecule has 3 nitrogen and oxygen atoms in total. The Labute approximate surface area is 111 Å². The number of rotatable bonds is 6. The van der Waals surface area contributed by atoms with Gasteiger partial charge in [0.05, 0.1) is 0 Å². The van der Waals surface area contributed by atoms with Crippen molar-refractivity contribution in [3.8, 4) is 0 Å². The minimum atomic E-state index is -0.0392. The molecule has 0 saturated heterocycles. The van der Waals surface area contributed by atoms with Crippen LogP contribution in [0.4, 0.5) is 4.79 Å². The van der Waals surface area contributed by atoms with Crippen LogP contribution >= 0.6 is 0 Å². The Hall–Kier alpha value is -0.730. The molecule has 3 heteroatoms. The van der Waals surface area contributed by atoms with Gasteiger partial charge in [-0.1, -0.05) is 19.8 Å². The lowest BCUT2D eigenvalue weighted by Gasteiger charge is -2.37. The fourth-order valence-corrected chi connectivity index (χ4v) is 2.87. The summed E-state index contributed by atoms with van der Waals surface area (Å²) in [4.78, 5) is 14.2. The first kappa shape index (κ1) is 13.7. The maximum absolute atomic E-state index is 12.2. The SMILES string of the molecule is CCCCCN(C(=O)OC1CCCC1)C1CCC1. The average Bonchev–Trinajstić information content (AvgIpc) is 2.78. The molecule has 0 bridgehead atoms. The van der Waals surface area contributed by atoms with E-state index >= 15 is 0 Å². The van der Waals surface area contributed by atoms with Crippen LogP contribution in [0.3, 0.4) is 0 Å². The molecule has 0 radical (unpaired) electrons. The molecule has 2 aliphatic carbocycles. The topological polar surface area (TPSA) is 29.5 Å². The highest BCUT2D eigenvalue weighted by Crippen LogP contribution is 2.28. The van der Waals surface area contributed by atoms with Crippen LogP contribution in [0, 0.1) is 0 Å². The molecule has 2 rings (SSSR count). The zero-order chi connectivity index (χ0) is 12.8. The maximum atomic E-state index is 12.2. The summed E-state index contributed by atoms with van der Waals surface area (Å²) in [5.41, 5.74) is 0. The van der Waals surface area contributed by atoms with Gasteiger partial charge in [-0.05, 0) is 51.4 Å². The first-order valence-electron chi connectivity index (χ1n) is 7.78. The predicted octanol–water partition coefficient (Wildman–Crippen LogP) is 4.11. The summed E-state index contributed by atoms with van der Waals surface area (Å²) in [7, 11) is 0. The summed E-state index contributed by atoms with van der Waals surface area (Å²) < 4.78 is 5.65. The Morgan fingerprint density at radius 1 is 1.11 bits per heavy atom. The van der Waals surface area contributed by atoms with E-state index in [-0.39, 0.29) is 12.2 Å². The van der Waals surface area contributed by atoms with E-state index in [9.17, 15) is 4.79 Å². The highest BCUT2D eigenvalue weighted by Gasteiger charge is 2.31. The van der Waals surface area contributed by atoms with Crippen molar-refractivity contribution in [2.45, 2.75) is 83.3 Å². The lowest BCUT2D eigenvalue weighted by molar-refractivity contribution is 0.0389. The zero-order valence-electron chi connectivity index (χ0n) is 11.7. The van der Waals surface area contributed by atoms with Crippen LogP contribution in [0.15, 0.2) is 0 Å². The van der Waals surface area contributed by atoms with Crippen LogP contribution in [0.5, 0.6) is 0 Å². The summed E-state index contributed by atoms with van der Waals surface area (Å²) in [6, 6.07) is 0.468. The summed E-state index contributed by atoms with van der Waals surface area (Å²) in [5.74, 6) is 0. The van der Waals surface area contributed by atoms with Crippen molar-refractivity contribution in [1.82, 2.24) is 4.90 Å². The lowest BCUT2D eigenvalue weighted by Crippen LogP contribution is -2.45. The van der Waals surface area contributed by atoms with Gasteiger partial charge in [-0.15, -0.1) is 0 Å². The first-order chi connectivity index (χ1) is 8.81. The quantitative estimate of drug-likeness (QED) is 0.667. The van der Waals surface area contributed by atoms with Crippen LogP contribution in [0.1, 0.15) is 71.1 Å². The van der Waals surface area contributed by atoms with Crippen LogP contribution in [-0.4, -0.2) is 29.7 Å². The van der Waals surface area contributed by atoms with Gasteiger partial charge in [-0.25, -0.2) is 4.79 Å². The minimum absolute atomic E-state index is 0.0392. The van der Waals surface area contributed by atoms with Crippen LogP contribution in [0.2, 0.25) is 0 Å². The number of carbonyl (C=O) groups excluding carboxylic acids is 1. The van der Waals surface area contributed by atoms with Gasteiger partial charge >= 0.3 is 6.09 Å². The fraction of sp³-hybridized carbons (Fsp3) is 0.933. The van der Waals surface area contributed by atoms with Crippen molar-refractivity contribution in [2.24, 2.45) is 0 Å². The molecule has 2 saturated carbocycles. The zero-order valence-corrected chi connectivity index (χ0v) is 11.7. The number of nitrogens with zero attached hydrogens (tertiary/aromatic N) is 1. The molecule has 2 fully saturated rings. The van der Waals surface area contributed by atoms with Crippen molar-refractivity contribution in [3.05, 3.63) is 0 Å². The molecular weight excluding hydrogens is 226 g/mol. The molecule has 0 aromatic heterocycles. The average molecular weight is 253 g/mol. The third kappa shape index (κ3) is 3.63. The largest absolute Gasteiger partial charge is 0.446 e. The summed E-state index contributed by atoms with van der Waals surface area (Å²) in [6.07, 6.45) is 11.9. The molecule has 18 heavy (non-hydrogen) atoms. The highest BCUT2D eigenvalue weighted by atomic mass is 16.6. The molecular formula is C15H27NO2. The molecule has 0 N–H and O–H groups in total. The second-order valence-corrected chi connectivity index (χ2v) is 5.78. The molecule has 2 aliphatic rings. The summed E-state index contributed by atoms with van der Waals surface area (Å²) >= 11 is 0. The van der Waals surface area contributed by atoms with Crippen LogP contribution in [0.25, 0.3) is 0 Å². The normalized spacial score (nSPS) is 20.7. The Kier molecular flexibility index (Phi) is 5.33. The van der Waals surface area contributed by atoms with Gasteiger partial charge in [-0.2, -0.15) is 0 Å². The second-order valence-electron chi connectivity index (χ2n) is 5.78. The third-order valence-corrected chi connectivity index (χ3v) is 4.32. The molecule has 0 heterocycles. The second kappa shape index (κ2) is 7.01. The minimum Gasteiger partial charge on any atom is -0.446 e. The van der Waals surface area contributed by atoms with E-state index in [2.05, 4.69) is 6.92 Å². The number of ether oxygens (including phenoxy) is 1. The third-order valence-electron chi connectivity index (χ3n) is 4.32. The van der Waals surface area contributed by atoms with Crippen LogP contribution in [-0.2, 0) is 4.74 Å². The van der Waals surface area contributed by atoms with Crippen molar-refractivity contribution in [3.63, 3.8) is 0 Å². The van der Waals surface area contributed by atoms with E-state index in [0.717, 1.165) is 25.8 Å². The van der Waals surface area contributed by atoms with Gasteiger partial charge in [0.2, 0.25) is 0 Å². The van der Waals surface area contributed by atoms with Gasteiger partial charge < -0.3 is 9.64 Å². The van der Waals surface area contributed by atoms with Gasteiger partial charge in [0.25, 0.3) is 0 Å². The molecule has 1 amide bonds. The van der Waals surface area contributed by atoms with Gasteiger partial charge in [0.15, 0.2) is 0 Å². The standard InChI is InChI=1S/C15H27NO2/c1-2-3-6-12-16(13-8-7-9-13)15(17)18-14-10-4-5-11-14/h13-14H,2-12H2,1H3. The molecule has 0 aromatic rings. The Bertz CT molecular complexity index is 257. The first-order valence-corrected chi connectivity index (χ1v) is 7.78. The van der Waals surface area contributed by atoms with E-state index in [1.165, 1.54) is 44.9 Å². The Morgan fingerprint density at radius 3 is 2.39 bits per heavy atom. The summed E-state index contributed by atoms with van der Waals surface area (Å²) in [6.45, 7) is 3.09. The highest BCUT2D eigenvalue weighted by molar-refractivity contribution is 5.68. The van der Waals surface area contributed by atoms with Crippen molar-refractivity contribution < 1.29 is 9.53 Å². The predicted molar refractivity (Wildman–Crippen MR) is 72.6 cm³/mol. The van der Waals surface area contributed by atoms with E-state index < -0.39 is 0 Å². The molecule has 0 unspecified atom stereocenters. The van der Waals surface area contributed by atoms with E-state index in [4.69, 9.17) is 4.74 Å². The maximum Gasteiger partial charge on any atom is 0.410 e. The number of hydrogen-bond acceptors (Lipinski definition) is 2. The van der Waals surface area contributed by atoms with Gasteiger partial charge in [0, 0.05) is 12.6 Å². The molecule has 104 valence electrons. The van der Waals surface area contributed by atoms with E-state index in [1.54, 1.807) is 0 Å². The molecule has 0 aromatic carbocycles. The number of unbranched alkanes of at least 4 members (excludes halogenated alkanes) is 2. The van der Waals surface area contributed by atoms with E-state index in [0.29, 0.717) is 6.04 Å². The number of amides is 1. The number of carbonyl (C=O) groups is 1. The summed E-state index contributed by atoms with van der Waals surface area (Å²) in [5, 5.41) is 0. The fourth-order valence-electron chi connectivity index (χ4n) is 2.87. The number of hydrogen-bond donors (Lipinski definition) is 0.